The normalized spacial score (nSPS) is 16.9. The van der Waals surface area contributed by atoms with Gasteiger partial charge in [-0.1, -0.05) is 48.5 Å². The Labute approximate surface area is 156 Å². The summed E-state index contributed by atoms with van der Waals surface area (Å²) in [5.41, 5.74) is 1.85. The van der Waals surface area contributed by atoms with Gasteiger partial charge < -0.3 is 4.90 Å². The van der Waals surface area contributed by atoms with Gasteiger partial charge in [-0.15, -0.1) is 10.2 Å². The minimum Gasteiger partial charge on any atom is -0.338 e. The molecule has 0 radical (unpaired) electrons. The van der Waals surface area contributed by atoms with Crippen molar-refractivity contribution >= 4 is 11.7 Å². The zero-order valence-electron chi connectivity index (χ0n) is 14.7. The number of hydrogen-bond acceptors (Lipinski definition) is 5. The van der Waals surface area contributed by atoms with Crippen LogP contribution in [0.4, 0.5) is 0 Å². The molecule has 0 spiro atoms. The number of carbonyl (C=O) groups excluding carboxylic acids is 2. The summed E-state index contributed by atoms with van der Waals surface area (Å²) >= 11 is 0. The fraction of sp³-hybridized carbons (Fsp3) is 0.250. The molecule has 1 saturated heterocycles. The molecule has 7 nitrogen and oxygen atoms in total. The van der Waals surface area contributed by atoms with Crippen molar-refractivity contribution in [2.75, 3.05) is 13.1 Å². The van der Waals surface area contributed by atoms with Crippen LogP contribution >= 0.6 is 0 Å². The molecule has 1 aliphatic heterocycles. The van der Waals surface area contributed by atoms with Crippen LogP contribution in [0.15, 0.2) is 54.6 Å². The second kappa shape index (κ2) is 7.49. The topological polar surface area (TPSA) is 91.8 Å². The van der Waals surface area contributed by atoms with Gasteiger partial charge in [0.1, 0.15) is 0 Å². The number of hydrogen-bond donors (Lipinski definition) is 1. The molecule has 1 aliphatic rings. The largest absolute Gasteiger partial charge is 0.338 e. The van der Waals surface area contributed by atoms with Crippen LogP contribution in [0, 0.1) is 5.92 Å². The van der Waals surface area contributed by atoms with E-state index in [1.807, 2.05) is 42.5 Å². The van der Waals surface area contributed by atoms with Crippen LogP contribution in [0.2, 0.25) is 0 Å². The highest BCUT2D eigenvalue weighted by atomic mass is 16.2. The fourth-order valence-corrected chi connectivity index (χ4v) is 3.52. The molecule has 27 heavy (non-hydrogen) atoms. The third-order valence-electron chi connectivity index (χ3n) is 4.88. The van der Waals surface area contributed by atoms with E-state index in [-0.39, 0.29) is 17.6 Å². The minimum absolute atomic E-state index is 0.0968. The van der Waals surface area contributed by atoms with Crippen LogP contribution in [0.25, 0.3) is 11.4 Å². The Morgan fingerprint density at radius 1 is 1.04 bits per heavy atom. The second-order valence-corrected chi connectivity index (χ2v) is 6.60. The van der Waals surface area contributed by atoms with Gasteiger partial charge in [-0.05, 0) is 24.1 Å². The van der Waals surface area contributed by atoms with Crippen molar-refractivity contribution in [2.45, 2.75) is 12.8 Å². The van der Waals surface area contributed by atoms with Crippen molar-refractivity contribution in [3.63, 3.8) is 0 Å². The molecule has 0 aliphatic carbocycles. The highest BCUT2D eigenvalue weighted by Crippen LogP contribution is 2.25. The Balaban J connectivity index is 1.56. The van der Waals surface area contributed by atoms with Gasteiger partial charge in [0.25, 0.3) is 5.91 Å². The predicted octanol–water partition coefficient (Wildman–Crippen LogP) is 2.60. The summed E-state index contributed by atoms with van der Waals surface area (Å²) in [6, 6.07) is 16.5. The van der Waals surface area contributed by atoms with E-state index in [2.05, 4.69) is 20.6 Å². The molecule has 136 valence electrons. The first-order chi connectivity index (χ1) is 13.2. The molecule has 1 N–H and O–H groups in total. The summed E-state index contributed by atoms with van der Waals surface area (Å²) in [6.45, 7) is 1.06. The number of ketones is 1. The first-order valence-electron chi connectivity index (χ1n) is 8.95. The molecule has 2 aromatic carbocycles. The molecule has 3 aromatic rings. The lowest BCUT2D eigenvalue weighted by Crippen LogP contribution is -2.42. The third-order valence-corrected chi connectivity index (χ3v) is 4.88. The maximum absolute atomic E-state index is 13.1. The van der Waals surface area contributed by atoms with E-state index in [1.54, 1.807) is 17.0 Å². The zero-order chi connectivity index (χ0) is 18.6. The Kier molecular flexibility index (Phi) is 4.74. The average molecular weight is 361 g/mol. The van der Waals surface area contributed by atoms with E-state index in [1.165, 1.54) is 0 Å². The molecule has 1 amide bonds. The summed E-state index contributed by atoms with van der Waals surface area (Å²) in [4.78, 5) is 27.7. The number of amides is 1. The van der Waals surface area contributed by atoms with Gasteiger partial charge >= 0.3 is 0 Å². The van der Waals surface area contributed by atoms with Crippen molar-refractivity contribution < 1.29 is 9.59 Å². The number of nitrogens with zero attached hydrogens (tertiary/aromatic N) is 4. The smallest absolute Gasteiger partial charge is 0.254 e. The van der Waals surface area contributed by atoms with Gasteiger partial charge in [0.15, 0.2) is 5.78 Å². The highest BCUT2D eigenvalue weighted by Gasteiger charge is 2.30. The van der Waals surface area contributed by atoms with Crippen molar-refractivity contribution in [1.82, 2.24) is 25.5 Å². The molecular formula is C20H19N5O2. The van der Waals surface area contributed by atoms with E-state index in [0.29, 0.717) is 35.6 Å². The van der Waals surface area contributed by atoms with Gasteiger partial charge in [-0.3, -0.25) is 9.59 Å². The maximum atomic E-state index is 13.1. The van der Waals surface area contributed by atoms with Crippen LogP contribution in [0.1, 0.15) is 33.6 Å². The fourth-order valence-electron chi connectivity index (χ4n) is 3.52. The summed E-state index contributed by atoms with van der Waals surface area (Å²) in [7, 11) is 0. The summed E-state index contributed by atoms with van der Waals surface area (Å²) < 4.78 is 0. The van der Waals surface area contributed by atoms with E-state index < -0.39 is 0 Å². The Bertz CT molecular complexity index is 940. The van der Waals surface area contributed by atoms with Crippen LogP contribution in [-0.2, 0) is 0 Å². The number of carbonyl (C=O) groups is 2. The Hall–Kier alpha value is -3.35. The number of piperidine rings is 1. The lowest BCUT2D eigenvalue weighted by atomic mass is 9.89. The zero-order valence-corrected chi connectivity index (χ0v) is 14.7. The van der Waals surface area contributed by atoms with E-state index in [9.17, 15) is 9.59 Å². The number of aromatic amines is 1. The number of rotatable bonds is 4. The maximum Gasteiger partial charge on any atom is 0.254 e. The molecule has 1 atom stereocenters. The molecule has 0 saturated carbocycles. The molecule has 7 heteroatoms. The number of nitrogens with one attached hydrogen (secondary N) is 1. The van der Waals surface area contributed by atoms with Gasteiger partial charge in [0, 0.05) is 30.1 Å². The van der Waals surface area contributed by atoms with Crippen LogP contribution in [-0.4, -0.2) is 50.3 Å². The van der Waals surface area contributed by atoms with E-state index in [0.717, 1.165) is 12.8 Å². The number of likely N-dealkylation sites (tertiary alicyclic amines) is 1. The predicted molar refractivity (Wildman–Crippen MR) is 99.0 cm³/mol. The van der Waals surface area contributed by atoms with Crippen LogP contribution in [0.3, 0.4) is 0 Å². The molecule has 2 heterocycles. The molecular weight excluding hydrogens is 342 g/mol. The average Bonchev–Trinajstić information content (AvgIpc) is 3.28. The Morgan fingerprint density at radius 3 is 2.59 bits per heavy atom. The lowest BCUT2D eigenvalue weighted by molar-refractivity contribution is 0.0637. The monoisotopic (exact) mass is 361 g/mol. The molecule has 1 aromatic heterocycles. The standard InChI is InChI=1S/C20H19N5O2/c26-18(14-7-2-1-3-8-14)15-9-6-12-25(13-15)20(27)17-11-5-4-10-16(17)19-21-23-24-22-19/h1-5,7-8,10-11,15H,6,9,12-13H2,(H,21,22,23,24)/t15-/m1/s1. The molecule has 0 unspecified atom stereocenters. The van der Waals surface area contributed by atoms with Gasteiger partial charge in [0.05, 0.1) is 5.56 Å². The summed E-state index contributed by atoms with van der Waals surface area (Å²) in [5.74, 6) is 0.191. The van der Waals surface area contributed by atoms with Crippen molar-refractivity contribution in [1.29, 1.82) is 0 Å². The Morgan fingerprint density at radius 2 is 1.81 bits per heavy atom. The quantitative estimate of drug-likeness (QED) is 0.721. The number of benzene rings is 2. The van der Waals surface area contributed by atoms with Crippen molar-refractivity contribution in [2.24, 2.45) is 5.92 Å². The summed E-state index contributed by atoms with van der Waals surface area (Å²) in [6.07, 6.45) is 1.60. The molecule has 1 fully saturated rings. The van der Waals surface area contributed by atoms with Crippen molar-refractivity contribution in [3.05, 3.63) is 65.7 Å². The molecule has 4 rings (SSSR count). The third kappa shape index (κ3) is 3.48. The van der Waals surface area contributed by atoms with Gasteiger partial charge in [0.2, 0.25) is 5.82 Å². The van der Waals surface area contributed by atoms with Gasteiger partial charge in [-0.2, -0.15) is 5.21 Å². The highest BCUT2D eigenvalue weighted by molar-refractivity contribution is 6.01. The lowest BCUT2D eigenvalue weighted by Gasteiger charge is -2.32. The number of tetrazole rings is 1. The van der Waals surface area contributed by atoms with Crippen LogP contribution < -0.4 is 0 Å². The van der Waals surface area contributed by atoms with Gasteiger partial charge in [-0.25, -0.2) is 0 Å². The van der Waals surface area contributed by atoms with Crippen molar-refractivity contribution in [3.8, 4) is 11.4 Å². The minimum atomic E-state index is -0.178. The molecule has 0 bridgehead atoms. The summed E-state index contributed by atoms with van der Waals surface area (Å²) in [5, 5.41) is 14.0. The second-order valence-electron chi connectivity index (χ2n) is 6.60. The first-order valence-corrected chi connectivity index (χ1v) is 8.95. The van der Waals surface area contributed by atoms with E-state index in [4.69, 9.17) is 0 Å². The number of aromatic nitrogens is 4. The number of Topliss-reactive ketones (excluding diaryl/α,β-unsaturated/α-hetero) is 1. The first kappa shape index (κ1) is 17.1. The van der Waals surface area contributed by atoms with Crippen LogP contribution in [0.5, 0.6) is 0 Å². The number of H-pyrrole nitrogens is 1. The van der Waals surface area contributed by atoms with E-state index >= 15 is 0 Å². The SMILES string of the molecule is O=C(c1ccccc1)[C@@H]1CCCN(C(=O)c2ccccc2-c2nn[nH]n2)C1.